The molecule has 0 amide bonds. The standard InChI is InChI=1S/C35H33F2N5O4S2/c1-7-46-34(44)29-20(3)39-35-42(30(29)22-9-11-24(12-10-22)41(4)5)33(43)28(48-35)16-21-8-13-27(45-6)23(15-21)18-47-32-25(17-38)19(2)14-26(40-32)31(36)37/h8-16,30-31H,7,18H2,1-6H3/t30-/m0/s1. The van der Waals surface area contributed by atoms with Crippen molar-refractivity contribution in [3.63, 3.8) is 0 Å². The first-order valence-corrected chi connectivity index (χ1v) is 16.7. The van der Waals surface area contributed by atoms with Gasteiger partial charge in [0.1, 0.15) is 22.5 Å². The number of fused-ring (bicyclic) bond motifs is 1. The van der Waals surface area contributed by atoms with E-state index in [9.17, 15) is 23.6 Å². The topological polar surface area (TPSA) is 110 Å². The van der Waals surface area contributed by atoms with Crippen molar-refractivity contribution in [2.45, 2.75) is 44.0 Å². The molecule has 4 aromatic rings. The van der Waals surface area contributed by atoms with Crippen LogP contribution in [0.5, 0.6) is 5.75 Å². The Bertz CT molecular complexity index is 2130. The third-order valence-electron chi connectivity index (χ3n) is 7.75. The molecule has 0 N–H and O–H groups in total. The number of carbonyl (C=O) groups is 1. The summed E-state index contributed by atoms with van der Waals surface area (Å²) in [4.78, 5) is 38.4. The molecule has 0 aliphatic carbocycles. The summed E-state index contributed by atoms with van der Waals surface area (Å²) in [5.74, 6) is 0.290. The number of esters is 1. The number of anilines is 1. The number of hydrogen-bond acceptors (Lipinski definition) is 10. The zero-order valence-corrected chi connectivity index (χ0v) is 28.8. The number of aromatic nitrogens is 2. The first kappa shape index (κ1) is 34.5. The smallest absolute Gasteiger partial charge is 0.338 e. The van der Waals surface area contributed by atoms with Crippen molar-refractivity contribution in [1.29, 1.82) is 5.26 Å². The summed E-state index contributed by atoms with van der Waals surface area (Å²) in [7, 11) is 5.39. The van der Waals surface area contributed by atoms with Gasteiger partial charge >= 0.3 is 5.97 Å². The number of halogens is 2. The average Bonchev–Trinajstić information content (AvgIpc) is 3.36. The third kappa shape index (κ3) is 6.90. The van der Waals surface area contributed by atoms with Gasteiger partial charge in [-0.2, -0.15) is 5.26 Å². The molecule has 1 atom stereocenters. The Morgan fingerprint density at radius 2 is 1.92 bits per heavy atom. The highest BCUT2D eigenvalue weighted by Crippen LogP contribution is 2.34. The molecule has 0 bridgehead atoms. The van der Waals surface area contributed by atoms with Gasteiger partial charge in [0.15, 0.2) is 4.80 Å². The maximum Gasteiger partial charge on any atom is 0.338 e. The van der Waals surface area contributed by atoms with Crippen LogP contribution >= 0.6 is 23.1 Å². The molecular formula is C35H33F2N5O4S2. The van der Waals surface area contributed by atoms with E-state index in [2.05, 4.69) is 16.0 Å². The molecule has 0 fully saturated rings. The van der Waals surface area contributed by atoms with Crippen LogP contribution in [0.2, 0.25) is 0 Å². The zero-order chi connectivity index (χ0) is 34.7. The minimum Gasteiger partial charge on any atom is -0.496 e. The molecule has 0 spiro atoms. The number of carbonyl (C=O) groups excluding carboxylic acids is 1. The monoisotopic (exact) mass is 689 g/mol. The maximum atomic E-state index is 14.1. The molecule has 3 heterocycles. The van der Waals surface area contributed by atoms with Gasteiger partial charge in [-0.15, -0.1) is 11.8 Å². The molecule has 13 heteroatoms. The fourth-order valence-electron chi connectivity index (χ4n) is 5.38. The Morgan fingerprint density at radius 3 is 2.54 bits per heavy atom. The fraction of sp³-hybridized carbons (Fsp3) is 0.286. The summed E-state index contributed by atoms with van der Waals surface area (Å²) in [5, 5.41) is 9.86. The Balaban J connectivity index is 1.57. The minimum atomic E-state index is -2.77. The van der Waals surface area contributed by atoms with Gasteiger partial charge in [0.05, 0.1) is 41.1 Å². The van der Waals surface area contributed by atoms with E-state index in [1.54, 1.807) is 39.0 Å². The van der Waals surface area contributed by atoms with Crippen molar-refractivity contribution in [2.75, 3.05) is 32.7 Å². The minimum absolute atomic E-state index is 0.176. The predicted octanol–water partition coefficient (Wildman–Crippen LogP) is 5.68. The van der Waals surface area contributed by atoms with Crippen LogP contribution in [-0.2, 0) is 15.3 Å². The van der Waals surface area contributed by atoms with Crippen LogP contribution in [0.4, 0.5) is 14.5 Å². The Labute approximate surface area is 284 Å². The number of benzene rings is 2. The molecule has 0 unspecified atom stereocenters. The molecule has 248 valence electrons. The van der Waals surface area contributed by atoms with E-state index in [1.165, 1.54) is 29.1 Å². The molecule has 9 nitrogen and oxygen atoms in total. The first-order valence-electron chi connectivity index (χ1n) is 14.9. The lowest BCUT2D eigenvalue weighted by Crippen LogP contribution is -2.39. The molecule has 0 radical (unpaired) electrons. The van der Waals surface area contributed by atoms with E-state index in [0.29, 0.717) is 43.0 Å². The van der Waals surface area contributed by atoms with E-state index in [4.69, 9.17) is 9.47 Å². The quantitative estimate of drug-likeness (QED) is 0.155. The van der Waals surface area contributed by atoms with Crippen molar-refractivity contribution >= 4 is 40.8 Å². The van der Waals surface area contributed by atoms with E-state index < -0.39 is 24.1 Å². The molecule has 1 aliphatic heterocycles. The Hall–Kier alpha value is -4.80. The number of methoxy groups -OCH3 is 1. The van der Waals surface area contributed by atoms with Gasteiger partial charge in [-0.05, 0) is 73.9 Å². The number of thiazole rings is 1. The lowest BCUT2D eigenvalue weighted by molar-refractivity contribution is -0.139. The molecule has 0 saturated carbocycles. The van der Waals surface area contributed by atoms with E-state index in [1.807, 2.05) is 49.3 Å². The number of allylic oxidation sites excluding steroid dienone is 1. The van der Waals surface area contributed by atoms with Gasteiger partial charge in [-0.3, -0.25) is 9.36 Å². The van der Waals surface area contributed by atoms with E-state index in [0.717, 1.165) is 23.0 Å². The first-order chi connectivity index (χ1) is 23.0. The molecule has 0 saturated heterocycles. The van der Waals surface area contributed by atoms with Crippen LogP contribution in [0.1, 0.15) is 59.8 Å². The second-order valence-corrected chi connectivity index (χ2v) is 13.1. The SMILES string of the molecule is CCOC(=O)C1=C(C)N=c2sc(=Cc3ccc(OC)c(CSc4nc(C(F)F)cc(C)c4C#N)c3)c(=O)n2[C@H]1c1ccc(N(C)C)cc1. The van der Waals surface area contributed by atoms with Crippen LogP contribution in [0, 0.1) is 18.3 Å². The summed E-state index contributed by atoms with van der Waals surface area (Å²) in [6, 6.07) is 15.6. The van der Waals surface area contributed by atoms with Crippen molar-refractivity contribution in [1.82, 2.24) is 9.55 Å². The average molecular weight is 690 g/mol. The predicted molar refractivity (Wildman–Crippen MR) is 182 cm³/mol. The summed E-state index contributed by atoms with van der Waals surface area (Å²) in [6.45, 7) is 5.25. The molecule has 48 heavy (non-hydrogen) atoms. The summed E-state index contributed by atoms with van der Waals surface area (Å²) < 4.78 is 39.8. The van der Waals surface area contributed by atoms with Gasteiger partial charge in [-0.1, -0.05) is 29.5 Å². The van der Waals surface area contributed by atoms with E-state index >= 15 is 0 Å². The largest absolute Gasteiger partial charge is 0.496 e. The molecule has 1 aliphatic rings. The third-order valence-corrected chi connectivity index (χ3v) is 9.75. The summed E-state index contributed by atoms with van der Waals surface area (Å²) in [6.07, 6.45) is -1.02. The van der Waals surface area contributed by atoms with Gasteiger partial charge in [0, 0.05) is 31.1 Å². The van der Waals surface area contributed by atoms with Crippen molar-refractivity contribution in [3.05, 3.63) is 113 Å². The number of ether oxygens (including phenoxy) is 2. The highest BCUT2D eigenvalue weighted by Gasteiger charge is 2.33. The summed E-state index contributed by atoms with van der Waals surface area (Å²) >= 11 is 2.37. The molecule has 2 aromatic carbocycles. The Morgan fingerprint density at radius 1 is 1.19 bits per heavy atom. The van der Waals surface area contributed by atoms with Gasteiger partial charge in [0.2, 0.25) is 0 Å². The number of pyridine rings is 1. The second-order valence-electron chi connectivity index (χ2n) is 11.1. The number of nitriles is 1. The highest BCUT2D eigenvalue weighted by atomic mass is 32.2. The molecule has 5 rings (SSSR count). The second kappa shape index (κ2) is 14.5. The van der Waals surface area contributed by atoms with Crippen molar-refractivity contribution < 1.29 is 23.0 Å². The lowest BCUT2D eigenvalue weighted by atomic mass is 9.95. The number of nitrogens with zero attached hydrogens (tertiary/aromatic N) is 5. The number of alkyl halides is 2. The lowest BCUT2D eigenvalue weighted by Gasteiger charge is -2.25. The fourth-order valence-corrected chi connectivity index (χ4v) is 7.47. The van der Waals surface area contributed by atoms with Crippen molar-refractivity contribution in [2.24, 2.45) is 4.99 Å². The van der Waals surface area contributed by atoms with Gasteiger partial charge in [0.25, 0.3) is 12.0 Å². The number of thioether (sulfide) groups is 1. The molecule has 2 aromatic heterocycles. The van der Waals surface area contributed by atoms with Crippen LogP contribution < -0.4 is 24.5 Å². The Kier molecular flexibility index (Phi) is 10.5. The summed E-state index contributed by atoms with van der Waals surface area (Å²) in [5.41, 5.74) is 3.85. The number of hydrogen-bond donors (Lipinski definition) is 0. The van der Waals surface area contributed by atoms with Crippen LogP contribution in [-0.4, -0.2) is 43.3 Å². The van der Waals surface area contributed by atoms with Crippen molar-refractivity contribution in [3.8, 4) is 11.8 Å². The van der Waals surface area contributed by atoms with Gasteiger partial charge in [-0.25, -0.2) is 23.6 Å². The maximum absolute atomic E-state index is 14.1. The normalized spacial score (nSPS) is 14.4. The van der Waals surface area contributed by atoms with Gasteiger partial charge < -0.3 is 14.4 Å². The highest BCUT2D eigenvalue weighted by molar-refractivity contribution is 7.98. The van der Waals surface area contributed by atoms with Crippen LogP contribution in [0.25, 0.3) is 6.08 Å². The number of rotatable bonds is 10. The van der Waals surface area contributed by atoms with E-state index in [-0.39, 0.29) is 28.5 Å². The number of aryl methyl sites for hydroxylation is 1. The van der Waals surface area contributed by atoms with Crippen LogP contribution in [0.3, 0.4) is 0 Å². The molecular weight excluding hydrogens is 657 g/mol. The zero-order valence-electron chi connectivity index (χ0n) is 27.2. The van der Waals surface area contributed by atoms with Crippen LogP contribution in [0.15, 0.2) is 74.6 Å².